The van der Waals surface area contributed by atoms with Gasteiger partial charge in [0.1, 0.15) is 11.4 Å². The first kappa shape index (κ1) is 16.3. The molecule has 0 fully saturated rings. The van der Waals surface area contributed by atoms with E-state index in [0.717, 1.165) is 32.4 Å². The predicted octanol–water partition coefficient (Wildman–Crippen LogP) is 3.15. The number of aromatic hydroxyl groups is 1. The van der Waals surface area contributed by atoms with Crippen molar-refractivity contribution in [1.82, 2.24) is 4.72 Å². The fourth-order valence-corrected chi connectivity index (χ4v) is 4.19. The molecule has 0 amide bonds. The van der Waals surface area contributed by atoms with E-state index < -0.39 is 16.1 Å². The molecule has 3 N–H and O–H groups in total. The molecule has 6 nitrogen and oxygen atoms in total. The highest BCUT2D eigenvalue weighted by Crippen LogP contribution is 2.33. The minimum Gasteiger partial charge on any atom is -0.506 e. The fraction of sp³-hybridized carbons (Fsp3) is 0.0526. The lowest BCUT2D eigenvalue weighted by atomic mass is 9.98. The fourth-order valence-electron chi connectivity index (χ4n) is 3.12. The lowest BCUT2D eigenvalue weighted by Gasteiger charge is -2.16. The molecule has 0 saturated heterocycles. The number of hydrogen-bond donors (Lipinski definition) is 3. The number of hydrogen-bond acceptors (Lipinski definition) is 4. The SMILES string of the molecule is O=S1(=O)NC(O)=CN1c1ccc(Cc2cccc3ccccc23)cc1O. The van der Waals surface area contributed by atoms with Crippen LogP contribution < -0.4 is 9.03 Å². The first-order valence-electron chi connectivity index (χ1n) is 7.95. The highest BCUT2D eigenvalue weighted by atomic mass is 32.2. The van der Waals surface area contributed by atoms with Crippen LogP contribution in [-0.2, 0) is 16.6 Å². The number of benzene rings is 3. The van der Waals surface area contributed by atoms with Gasteiger partial charge in [-0.15, -0.1) is 0 Å². The molecule has 0 unspecified atom stereocenters. The van der Waals surface area contributed by atoms with Gasteiger partial charge < -0.3 is 10.2 Å². The minimum atomic E-state index is -3.93. The third kappa shape index (κ3) is 2.82. The van der Waals surface area contributed by atoms with Crippen LogP contribution >= 0.6 is 0 Å². The molecular weight excluding hydrogens is 352 g/mol. The van der Waals surface area contributed by atoms with Crippen LogP contribution in [0.15, 0.2) is 72.7 Å². The molecule has 7 heteroatoms. The van der Waals surface area contributed by atoms with Gasteiger partial charge in [0.25, 0.3) is 0 Å². The van der Waals surface area contributed by atoms with E-state index in [1.165, 1.54) is 12.1 Å². The van der Waals surface area contributed by atoms with Crippen LogP contribution in [0.2, 0.25) is 0 Å². The van der Waals surface area contributed by atoms with Crippen molar-refractivity contribution in [2.45, 2.75) is 6.42 Å². The van der Waals surface area contributed by atoms with Crippen molar-refractivity contribution in [3.05, 3.63) is 83.9 Å². The zero-order chi connectivity index (χ0) is 18.3. The number of aliphatic hydroxyl groups excluding tert-OH is 1. The third-order valence-electron chi connectivity index (χ3n) is 4.28. The number of anilines is 1. The van der Waals surface area contributed by atoms with Crippen molar-refractivity contribution in [2.75, 3.05) is 4.31 Å². The Labute approximate surface area is 150 Å². The Hall–Kier alpha value is -3.19. The van der Waals surface area contributed by atoms with Gasteiger partial charge in [0, 0.05) is 0 Å². The molecule has 0 bridgehead atoms. The average Bonchev–Trinajstić information content (AvgIpc) is 2.87. The van der Waals surface area contributed by atoms with Crippen LogP contribution in [0, 0.1) is 0 Å². The predicted molar refractivity (Wildman–Crippen MR) is 100 cm³/mol. The second kappa shape index (κ2) is 5.96. The van der Waals surface area contributed by atoms with Crippen LogP contribution in [-0.4, -0.2) is 18.6 Å². The van der Waals surface area contributed by atoms with Gasteiger partial charge in [0.2, 0.25) is 5.88 Å². The molecule has 132 valence electrons. The molecule has 1 aliphatic rings. The van der Waals surface area contributed by atoms with Gasteiger partial charge in [-0.25, -0.2) is 9.03 Å². The summed E-state index contributed by atoms with van der Waals surface area (Å²) in [5.74, 6) is -0.678. The number of nitrogens with zero attached hydrogens (tertiary/aromatic N) is 1. The number of aliphatic hydroxyl groups is 1. The Morgan fingerprint density at radius 2 is 1.73 bits per heavy atom. The van der Waals surface area contributed by atoms with Gasteiger partial charge >= 0.3 is 10.2 Å². The molecule has 0 radical (unpaired) electrons. The Balaban J connectivity index is 1.69. The van der Waals surface area contributed by atoms with E-state index in [9.17, 15) is 18.6 Å². The molecule has 3 aromatic carbocycles. The number of nitrogens with one attached hydrogen (secondary N) is 1. The van der Waals surface area contributed by atoms with E-state index >= 15 is 0 Å². The van der Waals surface area contributed by atoms with Crippen molar-refractivity contribution in [1.29, 1.82) is 0 Å². The first-order valence-corrected chi connectivity index (χ1v) is 9.39. The zero-order valence-corrected chi connectivity index (χ0v) is 14.4. The Bertz CT molecular complexity index is 1130. The second-order valence-corrected chi connectivity index (χ2v) is 7.60. The van der Waals surface area contributed by atoms with Crippen molar-refractivity contribution in [3.8, 4) is 5.75 Å². The lowest BCUT2D eigenvalue weighted by Crippen LogP contribution is -2.29. The summed E-state index contributed by atoms with van der Waals surface area (Å²) in [5, 5.41) is 22.0. The summed E-state index contributed by atoms with van der Waals surface area (Å²) >= 11 is 0. The maximum atomic E-state index is 11.9. The van der Waals surface area contributed by atoms with Gasteiger partial charge in [-0.05, 0) is 40.5 Å². The van der Waals surface area contributed by atoms with Crippen LogP contribution in [0.4, 0.5) is 5.69 Å². The molecular formula is C19H16N2O4S. The standard InChI is InChI=1S/C19H16N2O4S/c22-18-11-13(8-9-17(18)21-12-19(23)20-26(21,24)25)10-15-6-3-5-14-4-1-2-7-16(14)15/h1-9,11-12,20,22-23H,10H2. The summed E-state index contributed by atoms with van der Waals surface area (Å²) in [4.78, 5) is 0. The molecule has 0 aliphatic carbocycles. The normalized spacial score (nSPS) is 15.7. The maximum absolute atomic E-state index is 11.9. The van der Waals surface area contributed by atoms with Gasteiger partial charge in [-0.1, -0.05) is 48.5 Å². The number of rotatable bonds is 3. The Morgan fingerprint density at radius 1 is 0.962 bits per heavy atom. The van der Waals surface area contributed by atoms with Crippen molar-refractivity contribution < 1.29 is 18.6 Å². The van der Waals surface area contributed by atoms with Gasteiger partial charge in [0.15, 0.2) is 0 Å². The van der Waals surface area contributed by atoms with Crippen LogP contribution in [0.25, 0.3) is 10.8 Å². The summed E-state index contributed by atoms with van der Waals surface area (Å²) in [7, 11) is -3.93. The molecule has 0 saturated carbocycles. The molecule has 26 heavy (non-hydrogen) atoms. The molecule has 4 rings (SSSR count). The minimum absolute atomic E-state index is 0.0724. The number of phenolic OH excluding ortho intramolecular Hbond substituents is 1. The summed E-state index contributed by atoms with van der Waals surface area (Å²) in [5.41, 5.74) is 2.03. The third-order valence-corrected chi connectivity index (χ3v) is 5.57. The first-order chi connectivity index (χ1) is 12.4. The summed E-state index contributed by atoms with van der Waals surface area (Å²) < 4.78 is 26.6. The monoisotopic (exact) mass is 368 g/mol. The largest absolute Gasteiger partial charge is 0.506 e. The Kier molecular flexibility index (Phi) is 3.73. The smallest absolute Gasteiger partial charge is 0.330 e. The zero-order valence-electron chi connectivity index (χ0n) is 13.6. The van der Waals surface area contributed by atoms with E-state index in [4.69, 9.17) is 0 Å². The van der Waals surface area contributed by atoms with Crippen molar-refractivity contribution >= 4 is 26.7 Å². The lowest BCUT2D eigenvalue weighted by molar-refractivity contribution is 0.392. The Morgan fingerprint density at radius 3 is 2.46 bits per heavy atom. The van der Waals surface area contributed by atoms with E-state index in [2.05, 4.69) is 6.07 Å². The quantitative estimate of drug-likeness (QED) is 0.662. The van der Waals surface area contributed by atoms with Crippen LogP contribution in [0.5, 0.6) is 5.75 Å². The van der Waals surface area contributed by atoms with Gasteiger partial charge in [-0.2, -0.15) is 8.42 Å². The highest BCUT2D eigenvalue weighted by molar-refractivity contribution is 7.91. The molecule has 0 aromatic heterocycles. The molecule has 0 spiro atoms. The summed E-state index contributed by atoms with van der Waals surface area (Å²) in [6.07, 6.45) is 1.61. The molecule has 0 atom stereocenters. The van der Waals surface area contributed by atoms with E-state index in [1.54, 1.807) is 6.07 Å². The number of fused-ring (bicyclic) bond motifs is 1. The van der Waals surface area contributed by atoms with E-state index in [1.807, 2.05) is 41.1 Å². The molecule has 1 aliphatic heterocycles. The summed E-state index contributed by atoms with van der Waals surface area (Å²) in [6, 6.07) is 18.9. The highest BCUT2D eigenvalue weighted by Gasteiger charge is 2.30. The van der Waals surface area contributed by atoms with Gasteiger partial charge in [0.05, 0.1) is 6.20 Å². The van der Waals surface area contributed by atoms with E-state index in [0.29, 0.717) is 6.42 Å². The van der Waals surface area contributed by atoms with Crippen LogP contribution in [0.3, 0.4) is 0 Å². The van der Waals surface area contributed by atoms with Crippen molar-refractivity contribution in [3.63, 3.8) is 0 Å². The van der Waals surface area contributed by atoms with Crippen LogP contribution in [0.1, 0.15) is 11.1 Å². The topological polar surface area (TPSA) is 89.9 Å². The van der Waals surface area contributed by atoms with Crippen molar-refractivity contribution in [2.24, 2.45) is 0 Å². The molecule has 3 aromatic rings. The van der Waals surface area contributed by atoms with Gasteiger partial charge in [-0.3, -0.25) is 0 Å². The average molecular weight is 368 g/mol. The second-order valence-electron chi connectivity index (χ2n) is 6.06. The molecule has 1 heterocycles. The van der Waals surface area contributed by atoms with E-state index in [-0.39, 0.29) is 11.4 Å². The maximum Gasteiger partial charge on any atom is 0.330 e. The summed E-state index contributed by atoms with van der Waals surface area (Å²) in [6.45, 7) is 0. The number of phenols is 1.